The van der Waals surface area contributed by atoms with Crippen LogP contribution in [-0.4, -0.2) is 11.5 Å². The van der Waals surface area contributed by atoms with Gasteiger partial charge < -0.3 is 5.32 Å². The van der Waals surface area contributed by atoms with Crippen molar-refractivity contribution < 1.29 is 0 Å². The Kier molecular flexibility index (Phi) is 5.58. The molecule has 1 unspecified atom stereocenters. The Balaban J connectivity index is 2.13. The van der Waals surface area contributed by atoms with E-state index in [4.69, 9.17) is 4.98 Å². The summed E-state index contributed by atoms with van der Waals surface area (Å²) in [6.45, 7) is 12.1. The number of thiazole rings is 1. The van der Waals surface area contributed by atoms with Crippen LogP contribution in [0, 0.1) is 6.92 Å². The van der Waals surface area contributed by atoms with Crippen molar-refractivity contribution in [1.29, 1.82) is 0 Å². The maximum absolute atomic E-state index is 4.84. The minimum atomic E-state index is 0.139. The van der Waals surface area contributed by atoms with Crippen molar-refractivity contribution in [3.05, 3.63) is 38.0 Å². The Bertz CT molecular complexity index is 563. The molecule has 0 fully saturated rings. The average Bonchev–Trinajstić information content (AvgIpc) is 3.02. The Labute approximate surface area is 136 Å². The fraction of sp³-hybridized carbons (Fsp3) is 0.588. The molecule has 4 heteroatoms. The molecule has 2 aromatic rings. The first-order valence-electron chi connectivity index (χ1n) is 7.64. The third kappa shape index (κ3) is 4.63. The van der Waals surface area contributed by atoms with E-state index in [1.165, 1.54) is 20.5 Å². The van der Waals surface area contributed by atoms with Gasteiger partial charge in [-0.3, -0.25) is 0 Å². The lowest BCUT2D eigenvalue weighted by atomic mass is 9.93. The number of nitrogens with one attached hydrogen (secondary N) is 1. The van der Waals surface area contributed by atoms with Crippen LogP contribution < -0.4 is 5.32 Å². The number of rotatable bonds is 6. The van der Waals surface area contributed by atoms with Gasteiger partial charge in [-0.05, 0) is 32.0 Å². The Morgan fingerprint density at radius 2 is 2.05 bits per heavy atom. The summed E-state index contributed by atoms with van der Waals surface area (Å²) >= 11 is 3.69. The first-order valence-corrected chi connectivity index (χ1v) is 9.34. The van der Waals surface area contributed by atoms with Gasteiger partial charge in [-0.15, -0.1) is 22.7 Å². The number of aromatic nitrogens is 1. The third-order valence-corrected chi connectivity index (χ3v) is 5.43. The third-order valence-electron chi connectivity index (χ3n) is 3.44. The van der Waals surface area contributed by atoms with Crippen LogP contribution in [0.15, 0.2) is 17.5 Å². The molecule has 0 radical (unpaired) electrons. The van der Waals surface area contributed by atoms with Crippen molar-refractivity contribution in [3.63, 3.8) is 0 Å². The van der Waals surface area contributed by atoms with E-state index in [0.717, 1.165) is 19.4 Å². The van der Waals surface area contributed by atoms with Crippen molar-refractivity contribution in [2.24, 2.45) is 0 Å². The lowest BCUT2D eigenvalue weighted by Crippen LogP contribution is -2.23. The zero-order chi connectivity index (χ0) is 15.5. The highest BCUT2D eigenvalue weighted by Gasteiger charge is 2.20. The van der Waals surface area contributed by atoms with Gasteiger partial charge in [0.2, 0.25) is 0 Å². The monoisotopic (exact) mass is 322 g/mol. The SMILES string of the molecule is CCCNC(Cc1nc(C(C)(C)C)cs1)c1ccc(C)s1. The topological polar surface area (TPSA) is 24.9 Å². The zero-order valence-electron chi connectivity index (χ0n) is 13.7. The van der Waals surface area contributed by atoms with Gasteiger partial charge in [-0.2, -0.15) is 0 Å². The smallest absolute Gasteiger partial charge is 0.0947 e. The molecule has 116 valence electrons. The molecular formula is C17H26N2S2. The number of hydrogen-bond acceptors (Lipinski definition) is 4. The minimum absolute atomic E-state index is 0.139. The summed E-state index contributed by atoms with van der Waals surface area (Å²) in [7, 11) is 0. The summed E-state index contributed by atoms with van der Waals surface area (Å²) in [5.74, 6) is 0. The second-order valence-corrected chi connectivity index (χ2v) is 8.80. The van der Waals surface area contributed by atoms with Gasteiger partial charge in [0.1, 0.15) is 0 Å². The van der Waals surface area contributed by atoms with Crippen LogP contribution in [0.3, 0.4) is 0 Å². The molecule has 0 aliphatic rings. The molecule has 0 aliphatic heterocycles. The van der Waals surface area contributed by atoms with Crippen molar-refractivity contribution in [1.82, 2.24) is 10.3 Å². The molecule has 0 aromatic carbocycles. The average molecular weight is 323 g/mol. The van der Waals surface area contributed by atoms with Crippen molar-refractivity contribution >= 4 is 22.7 Å². The molecule has 0 saturated heterocycles. The molecule has 0 spiro atoms. The van der Waals surface area contributed by atoms with E-state index < -0.39 is 0 Å². The highest BCUT2D eigenvalue weighted by atomic mass is 32.1. The van der Waals surface area contributed by atoms with E-state index in [9.17, 15) is 0 Å². The molecule has 0 saturated carbocycles. The Morgan fingerprint density at radius 3 is 2.57 bits per heavy atom. The van der Waals surface area contributed by atoms with E-state index in [1.807, 2.05) is 11.3 Å². The Morgan fingerprint density at radius 1 is 1.29 bits per heavy atom. The minimum Gasteiger partial charge on any atom is -0.309 e. The maximum Gasteiger partial charge on any atom is 0.0947 e. The van der Waals surface area contributed by atoms with E-state index >= 15 is 0 Å². The van der Waals surface area contributed by atoms with Crippen LogP contribution in [0.25, 0.3) is 0 Å². The summed E-state index contributed by atoms with van der Waals surface area (Å²) in [6, 6.07) is 4.86. The van der Waals surface area contributed by atoms with E-state index in [1.54, 1.807) is 11.3 Å². The molecule has 0 aliphatic carbocycles. The van der Waals surface area contributed by atoms with Gasteiger partial charge in [-0.25, -0.2) is 4.98 Å². The van der Waals surface area contributed by atoms with Gasteiger partial charge in [0.05, 0.1) is 10.7 Å². The van der Waals surface area contributed by atoms with Crippen molar-refractivity contribution in [2.75, 3.05) is 6.54 Å². The van der Waals surface area contributed by atoms with E-state index in [0.29, 0.717) is 6.04 Å². The highest BCUT2D eigenvalue weighted by molar-refractivity contribution is 7.12. The molecule has 1 atom stereocenters. The van der Waals surface area contributed by atoms with Crippen LogP contribution in [0.4, 0.5) is 0 Å². The van der Waals surface area contributed by atoms with Gasteiger partial charge in [0.25, 0.3) is 0 Å². The molecule has 2 aromatic heterocycles. The maximum atomic E-state index is 4.84. The summed E-state index contributed by atoms with van der Waals surface area (Å²) in [6.07, 6.45) is 2.15. The predicted octanol–water partition coefficient (Wildman–Crippen LogP) is 5.09. The Hall–Kier alpha value is -0.710. The van der Waals surface area contributed by atoms with E-state index in [2.05, 4.69) is 57.4 Å². The molecule has 0 amide bonds. The number of aryl methyl sites for hydroxylation is 1. The summed E-state index contributed by atoms with van der Waals surface area (Å²) in [4.78, 5) is 7.65. The molecule has 2 rings (SSSR count). The second-order valence-electron chi connectivity index (χ2n) is 6.54. The van der Waals surface area contributed by atoms with Crippen LogP contribution in [-0.2, 0) is 11.8 Å². The fourth-order valence-corrected chi connectivity index (χ4v) is 4.18. The van der Waals surface area contributed by atoms with E-state index in [-0.39, 0.29) is 5.41 Å². The quantitative estimate of drug-likeness (QED) is 0.801. The summed E-state index contributed by atoms with van der Waals surface area (Å²) in [5.41, 5.74) is 1.35. The molecule has 1 N–H and O–H groups in total. The highest BCUT2D eigenvalue weighted by Crippen LogP contribution is 2.29. The molecule has 2 nitrogen and oxygen atoms in total. The van der Waals surface area contributed by atoms with Gasteiger partial charge in [-0.1, -0.05) is 27.7 Å². The largest absolute Gasteiger partial charge is 0.309 e. The summed E-state index contributed by atoms with van der Waals surface area (Å²) < 4.78 is 0. The molecular weight excluding hydrogens is 296 g/mol. The molecule has 0 bridgehead atoms. The van der Waals surface area contributed by atoms with Gasteiger partial charge >= 0.3 is 0 Å². The number of nitrogens with zero attached hydrogens (tertiary/aromatic N) is 1. The first kappa shape index (κ1) is 16.7. The second kappa shape index (κ2) is 7.03. The molecule has 2 heterocycles. The lowest BCUT2D eigenvalue weighted by Gasteiger charge is -2.17. The van der Waals surface area contributed by atoms with Crippen LogP contribution in [0.1, 0.15) is 60.6 Å². The first-order chi connectivity index (χ1) is 9.90. The van der Waals surface area contributed by atoms with Crippen molar-refractivity contribution in [3.8, 4) is 0 Å². The molecule has 21 heavy (non-hydrogen) atoms. The number of hydrogen-bond donors (Lipinski definition) is 1. The van der Waals surface area contributed by atoms with Crippen LogP contribution in [0.5, 0.6) is 0 Å². The summed E-state index contributed by atoms with van der Waals surface area (Å²) in [5, 5.41) is 7.12. The van der Waals surface area contributed by atoms with Crippen molar-refractivity contribution in [2.45, 2.75) is 58.9 Å². The fourth-order valence-electron chi connectivity index (χ4n) is 2.16. The van der Waals surface area contributed by atoms with Crippen LogP contribution >= 0.6 is 22.7 Å². The van der Waals surface area contributed by atoms with Gasteiger partial charge in [0, 0.05) is 33.0 Å². The predicted molar refractivity (Wildman–Crippen MR) is 94.6 cm³/mol. The van der Waals surface area contributed by atoms with Crippen LogP contribution in [0.2, 0.25) is 0 Å². The van der Waals surface area contributed by atoms with Gasteiger partial charge in [0.15, 0.2) is 0 Å². The zero-order valence-corrected chi connectivity index (χ0v) is 15.3. The normalized spacial score (nSPS) is 13.6. The number of thiophene rings is 1. The lowest BCUT2D eigenvalue weighted by molar-refractivity contribution is 0.530. The standard InChI is InChI=1S/C17H26N2S2/c1-6-9-18-13(14-8-7-12(2)21-14)10-16-19-15(11-20-16)17(3,4)5/h7-8,11,13,18H,6,9-10H2,1-5H3.